The summed E-state index contributed by atoms with van der Waals surface area (Å²) < 4.78 is 0. The van der Waals surface area contributed by atoms with Crippen LogP contribution in [0.25, 0.3) is 0 Å². The molecule has 2 aliphatic rings. The molecule has 1 aliphatic carbocycles. The average molecular weight is 316 g/mol. The minimum Gasteiger partial charge on any atom is -0.333 e. The van der Waals surface area contributed by atoms with E-state index in [1.807, 2.05) is 13.8 Å². The van der Waals surface area contributed by atoms with E-state index in [0.717, 1.165) is 17.3 Å². The summed E-state index contributed by atoms with van der Waals surface area (Å²) in [5.74, 6) is 1.82. The summed E-state index contributed by atoms with van der Waals surface area (Å²) in [5.41, 5.74) is 5.26. The van der Waals surface area contributed by atoms with Crippen LogP contribution in [-0.4, -0.2) is 57.1 Å². The van der Waals surface area contributed by atoms with Gasteiger partial charge in [0.25, 0.3) is 0 Å². The molecule has 0 aromatic rings. The number of nitrogens with two attached hydrogens (primary N) is 1. The highest BCUT2D eigenvalue weighted by Crippen LogP contribution is 2.47. The van der Waals surface area contributed by atoms with E-state index in [4.69, 9.17) is 0 Å². The molecule has 3 heteroatoms. The van der Waals surface area contributed by atoms with Crippen LogP contribution in [0.5, 0.6) is 0 Å². The van der Waals surface area contributed by atoms with Gasteiger partial charge < -0.3 is 15.5 Å². The lowest BCUT2D eigenvalue weighted by Crippen LogP contribution is -2.56. The van der Waals surface area contributed by atoms with Gasteiger partial charge in [0.2, 0.25) is 0 Å². The molecule has 1 saturated carbocycles. The molecule has 0 aromatic heterocycles. The van der Waals surface area contributed by atoms with E-state index < -0.39 is 0 Å². The van der Waals surface area contributed by atoms with E-state index in [-0.39, 0.29) is 0 Å². The molecule has 0 bridgehead atoms. The third kappa shape index (κ3) is 10.6. The maximum absolute atomic E-state index is 4.50. The summed E-state index contributed by atoms with van der Waals surface area (Å²) in [6.45, 7) is 18.2. The molecule has 1 atom stereocenters. The molecule has 2 N–H and O–H groups in total. The molecule has 2 fully saturated rings. The van der Waals surface area contributed by atoms with Crippen molar-refractivity contribution in [2.45, 2.75) is 60.8 Å². The summed E-state index contributed by atoms with van der Waals surface area (Å²) in [6, 6.07) is 0. The number of rotatable bonds is 3. The fourth-order valence-corrected chi connectivity index (χ4v) is 3.19. The summed E-state index contributed by atoms with van der Waals surface area (Å²) in [5, 5.41) is 0. The van der Waals surface area contributed by atoms with Gasteiger partial charge in [-0.15, -0.1) is 0 Å². The SMILES string of the molecule is CC.CC(C)C.CC1CCC2(C1)CN(CCN(C)C)C2.CN. The zero-order chi connectivity index (χ0) is 17.8. The highest BCUT2D eigenvalue weighted by molar-refractivity contribution is 4.99. The molecule has 1 spiro atoms. The van der Waals surface area contributed by atoms with Crippen molar-refractivity contribution in [2.75, 3.05) is 47.3 Å². The fourth-order valence-electron chi connectivity index (χ4n) is 3.19. The molecule has 0 aromatic carbocycles. The minimum atomic E-state index is 0.756. The first-order chi connectivity index (χ1) is 10.3. The molecule has 1 saturated heterocycles. The molecule has 0 radical (unpaired) electrons. The smallest absolute Gasteiger partial charge is 0.0110 e. The van der Waals surface area contributed by atoms with Gasteiger partial charge in [-0.25, -0.2) is 0 Å². The zero-order valence-corrected chi connectivity index (χ0v) is 17.1. The van der Waals surface area contributed by atoms with Crippen molar-refractivity contribution in [1.82, 2.24) is 9.80 Å². The Bertz CT molecular complexity index is 230. The predicted octanol–water partition coefficient (Wildman–Crippen LogP) is 3.93. The molecule has 1 aliphatic heterocycles. The monoisotopic (exact) mass is 315 g/mol. The van der Waals surface area contributed by atoms with Gasteiger partial charge in [-0.2, -0.15) is 0 Å². The largest absolute Gasteiger partial charge is 0.333 e. The Hall–Kier alpha value is -0.120. The Morgan fingerprint density at radius 1 is 1.14 bits per heavy atom. The van der Waals surface area contributed by atoms with Gasteiger partial charge in [0.05, 0.1) is 0 Å². The summed E-state index contributed by atoms with van der Waals surface area (Å²) in [6.07, 6.45) is 4.46. The molecular formula is C19H45N3. The third-order valence-corrected chi connectivity index (χ3v) is 3.93. The van der Waals surface area contributed by atoms with Gasteiger partial charge in [0.1, 0.15) is 0 Å². The highest BCUT2D eigenvalue weighted by atomic mass is 15.2. The summed E-state index contributed by atoms with van der Waals surface area (Å²) >= 11 is 0. The lowest BCUT2D eigenvalue weighted by atomic mass is 9.77. The van der Waals surface area contributed by atoms with Crippen LogP contribution in [0.1, 0.15) is 60.8 Å². The zero-order valence-electron chi connectivity index (χ0n) is 17.1. The Balaban J connectivity index is 0. The van der Waals surface area contributed by atoms with Crippen LogP contribution in [0, 0.1) is 17.3 Å². The van der Waals surface area contributed by atoms with Gasteiger partial charge in [-0.3, -0.25) is 0 Å². The van der Waals surface area contributed by atoms with Crippen LogP contribution in [0.4, 0.5) is 0 Å². The summed E-state index contributed by atoms with van der Waals surface area (Å²) in [7, 11) is 5.82. The van der Waals surface area contributed by atoms with Crippen LogP contribution in [0.2, 0.25) is 0 Å². The van der Waals surface area contributed by atoms with E-state index in [0.29, 0.717) is 0 Å². The van der Waals surface area contributed by atoms with E-state index in [2.05, 4.69) is 57.3 Å². The van der Waals surface area contributed by atoms with Crippen LogP contribution < -0.4 is 5.73 Å². The molecule has 22 heavy (non-hydrogen) atoms. The Morgan fingerprint density at radius 3 is 1.91 bits per heavy atom. The third-order valence-electron chi connectivity index (χ3n) is 3.93. The average Bonchev–Trinajstić information content (AvgIpc) is 2.81. The van der Waals surface area contributed by atoms with Gasteiger partial charge in [0, 0.05) is 26.2 Å². The van der Waals surface area contributed by atoms with Crippen molar-refractivity contribution in [1.29, 1.82) is 0 Å². The second-order valence-electron chi connectivity index (χ2n) is 7.59. The molecule has 2 rings (SSSR count). The first-order valence-corrected chi connectivity index (χ1v) is 9.28. The normalized spacial score (nSPS) is 22.1. The first-order valence-electron chi connectivity index (χ1n) is 9.28. The topological polar surface area (TPSA) is 32.5 Å². The number of hydrogen-bond acceptors (Lipinski definition) is 3. The lowest BCUT2D eigenvalue weighted by molar-refractivity contribution is 0.000227. The van der Waals surface area contributed by atoms with Crippen LogP contribution in [-0.2, 0) is 0 Å². The van der Waals surface area contributed by atoms with Gasteiger partial charge in [0.15, 0.2) is 0 Å². The maximum Gasteiger partial charge on any atom is 0.0110 e. The summed E-state index contributed by atoms with van der Waals surface area (Å²) in [4.78, 5) is 4.90. The number of hydrogen-bond donors (Lipinski definition) is 1. The first kappa shape index (κ1) is 24.1. The quantitative estimate of drug-likeness (QED) is 0.856. The van der Waals surface area contributed by atoms with Gasteiger partial charge in [-0.1, -0.05) is 48.0 Å². The van der Waals surface area contributed by atoms with E-state index in [9.17, 15) is 0 Å². The maximum atomic E-state index is 4.50. The van der Waals surface area contributed by atoms with E-state index >= 15 is 0 Å². The van der Waals surface area contributed by atoms with Crippen molar-refractivity contribution in [3.05, 3.63) is 0 Å². The Morgan fingerprint density at radius 2 is 1.59 bits per heavy atom. The van der Waals surface area contributed by atoms with Crippen LogP contribution in [0.15, 0.2) is 0 Å². The van der Waals surface area contributed by atoms with Crippen molar-refractivity contribution in [3.63, 3.8) is 0 Å². The Kier molecular flexibility index (Phi) is 14.6. The molecular weight excluding hydrogens is 270 g/mol. The second kappa shape index (κ2) is 13.3. The molecule has 1 heterocycles. The molecule has 1 unspecified atom stereocenters. The molecule has 3 nitrogen and oxygen atoms in total. The van der Waals surface area contributed by atoms with E-state index in [1.54, 1.807) is 0 Å². The predicted molar refractivity (Wildman–Crippen MR) is 102 cm³/mol. The van der Waals surface area contributed by atoms with Crippen LogP contribution in [0.3, 0.4) is 0 Å². The van der Waals surface area contributed by atoms with Gasteiger partial charge in [-0.05, 0) is 51.2 Å². The minimum absolute atomic E-state index is 0.756. The van der Waals surface area contributed by atoms with Crippen LogP contribution >= 0.6 is 0 Å². The highest BCUT2D eigenvalue weighted by Gasteiger charge is 2.46. The fraction of sp³-hybridized carbons (Fsp3) is 1.00. The number of nitrogens with zero attached hydrogens (tertiary/aromatic N) is 2. The van der Waals surface area contributed by atoms with Crippen molar-refractivity contribution >= 4 is 0 Å². The van der Waals surface area contributed by atoms with E-state index in [1.165, 1.54) is 52.5 Å². The second-order valence-corrected chi connectivity index (χ2v) is 7.59. The number of likely N-dealkylation sites (tertiary alicyclic amines) is 1. The van der Waals surface area contributed by atoms with Crippen molar-refractivity contribution in [2.24, 2.45) is 23.0 Å². The standard InChI is InChI=1S/C12H24N2.C4H10.C2H6.CH5N/c1-11-4-5-12(8-11)9-14(10-12)7-6-13(2)3;1-4(2)3;2*1-2/h11H,4-10H2,1-3H3;4H,1-3H3;1-2H3;2H2,1H3. The van der Waals surface area contributed by atoms with Crippen molar-refractivity contribution in [3.8, 4) is 0 Å². The van der Waals surface area contributed by atoms with Gasteiger partial charge >= 0.3 is 0 Å². The number of likely N-dealkylation sites (N-methyl/N-ethyl adjacent to an activating group) is 1. The lowest BCUT2D eigenvalue weighted by Gasteiger charge is -2.49. The molecule has 136 valence electrons. The van der Waals surface area contributed by atoms with Crippen molar-refractivity contribution < 1.29 is 0 Å². The Labute approximate surface area is 141 Å². The molecule has 0 amide bonds.